The van der Waals surface area contributed by atoms with Crippen molar-refractivity contribution in [3.8, 4) is 0 Å². The van der Waals surface area contributed by atoms with Gasteiger partial charge in [0.15, 0.2) is 0 Å². The predicted octanol–water partition coefficient (Wildman–Crippen LogP) is 11.2. The minimum atomic E-state index is -0.512. The molecule has 0 aromatic heterocycles. The molecule has 0 heterocycles. The van der Waals surface area contributed by atoms with Crippen LogP contribution in [-0.2, 0) is 4.79 Å². The molecule has 6 rings (SSSR count). The molecule has 4 nitrogen and oxygen atoms in total. The largest absolute Gasteiger partial charge is 0.481 e. The summed E-state index contributed by atoms with van der Waals surface area (Å²) < 4.78 is 0. The van der Waals surface area contributed by atoms with Gasteiger partial charge in [0.1, 0.15) is 0 Å². The van der Waals surface area contributed by atoms with E-state index in [4.69, 9.17) is 39.9 Å². The Bertz CT molecular complexity index is 1340. The molecule has 0 saturated heterocycles. The molecule has 2 unspecified atom stereocenters. The van der Waals surface area contributed by atoms with E-state index in [0.29, 0.717) is 56.3 Å². The lowest BCUT2D eigenvalue weighted by molar-refractivity contribution is -0.232. The van der Waals surface area contributed by atoms with Crippen LogP contribution in [0.1, 0.15) is 113 Å². The number of aliphatic carboxylic acids is 1. The fourth-order valence-electron chi connectivity index (χ4n) is 12.5. The van der Waals surface area contributed by atoms with Crippen LogP contribution in [-0.4, -0.2) is 16.8 Å². The zero-order valence-electron chi connectivity index (χ0n) is 27.1. The average Bonchev–Trinajstić information content (AvgIpc) is 3.34. The summed E-state index contributed by atoms with van der Waals surface area (Å²) in [6.07, 6.45) is 10.8. The van der Waals surface area contributed by atoms with Crippen LogP contribution in [0.15, 0.2) is 17.2 Å². The second-order valence-electron chi connectivity index (χ2n) is 16.7. The van der Waals surface area contributed by atoms with E-state index in [1.54, 1.807) is 6.07 Å². The van der Waals surface area contributed by atoms with Crippen LogP contribution in [0.2, 0.25) is 15.1 Å². The molecular weight excluding hydrogens is 599 g/mol. The van der Waals surface area contributed by atoms with Crippen LogP contribution < -0.4 is 5.43 Å². The number of rotatable bonds is 4. The lowest BCUT2D eigenvalue weighted by atomic mass is 9.32. The number of hydrazone groups is 1. The van der Waals surface area contributed by atoms with Crippen LogP contribution in [0.3, 0.4) is 0 Å². The van der Waals surface area contributed by atoms with E-state index in [-0.39, 0.29) is 21.7 Å². The zero-order valence-corrected chi connectivity index (χ0v) is 29.4. The molecule has 9 atom stereocenters. The normalized spacial score (nSPS) is 44.3. The maximum Gasteiger partial charge on any atom is 0.309 e. The van der Waals surface area contributed by atoms with Crippen LogP contribution in [0.5, 0.6) is 0 Å². The second kappa shape index (κ2) is 10.5. The van der Waals surface area contributed by atoms with E-state index in [1.807, 2.05) is 6.07 Å². The van der Waals surface area contributed by atoms with Gasteiger partial charge in [-0.15, -0.1) is 0 Å². The number of halogens is 3. The van der Waals surface area contributed by atoms with Gasteiger partial charge >= 0.3 is 5.97 Å². The number of benzene rings is 1. The van der Waals surface area contributed by atoms with Gasteiger partial charge in [0.05, 0.1) is 26.2 Å². The molecular formula is C36H51Cl3N2O2. The summed E-state index contributed by atoms with van der Waals surface area (Å²) in [4.78, 5) is 13.0. The van der Waals surface area contributed by atoms with E-state index in [2.05, 4.69) is 53.9 Å². The summed E-state index contributed by atoms with van der Waals surface area (Å²) in [5.41, 5.74) is 5.16. The Morgan fingerprint density at radius 1 is 0.884 bits per heavy atom. The van der Waals surface area contributed by atoms with Crippen molar-refractivity contribution in [1.82, 2.24) is 0 Å². The second-order valence-corrected chi connectivity index (χ2v) is 17.9. The first-order chi connectivity index (χ1) is 20.0. The summed E-state index contributed by atoms with van der Waals surface area (Å²) >= 11 is 18.9. The summed E-state index contributed by atoms with van der Waals surface area (Å²) in [5.74, 6) is 2.54. The quantitative estimate of drug-likeness (QED) is 0.252. The van der Waals surface area contributed by atoms with Crippen molar-refractivity contribution >= 4 is 52.2 Å². The lowest BCUT2D eigenvalue weighted by Gasteiger charge is -2.72. The predicted molar refractivity (Wildman–Crippen MR) is 179 cm³/mol. The van der Waals surface area contributed by atoms with Gasteiger partial charge in [-0.1, -0.05) is 83.3 Å². The molecule has 0 amide bonds. The van der Waals surface area contributed by atoms with Gasteiger partial charge in [-0.05, 0) is 128 Å². The highest BCUT2D eigenvalue weighted by atomic mass is 35.5. The fourth-order valence-corrected chi connectivity index (χ4v) is 13.1. The van der Waals surface area contributed by atoms with Gasteiger partial charge in [-0.2, -0.15) is 5.10 Å². The first-order valence-corrected chi connectivity index (χ1v) is 17.9. The number of carboxylic acids is 1. The minimum Gasteiger partial charge on any atom is -0.481 e. The van der Waals surface area contributed by atoms with Crippen molar-refractivity contribution in [2.75, 3.05) is 5.43 Å². The van der Waals surface area contributed by atoms with Crippen LogP contribution in [0, 0.1) is 62.6 Å². The zero-order chi connectivity index (χ0) is 31.3. The molecule has 238 valence electrons. The molecule has 5 aliphatic rings. The van der Waals surface area contributed by atoms with Crippen molar-refractivity contribution in [3.05, 3.63) is 27.2 Å². The number of fused-ring (bicyclic) bond motifs is 7. The van der Waals surface area contributed by atoms with Crippen LogP contribution in [0.4, 0.5) is 5.69 Å². The third-order valence-electron chi connectivity index (χ3n) is 14.9. The summed E-state index contributed by atoms with van der Waals surface area (Å²) in [7, 11) is 0. The summed E-state index contributed by atoms with van der Waals surface area (Å²) in [5, 5.41) is 16.8. The molecule has 0 bridgehead atoms. The van der Waals surface area contributed by atoms with Crippen LogP contribution >= 0.6 is 34.8 Å². The molecule has 5 fully saturated rings. The number of carboxylic acid groups (broad SMARTS) is 1. The summed E-state index contributed by atoms with van der Waals surface area (Å²) in [6, 6.07) is 3.59. The molecule has 7 heteroatoms. The molecule has 5 saturated carbocycles. The summed E-state index contributed by atoms with van der Waals surface area (Å²) in [6.45, 7) is 17.3. The highest BCUT2D eigenvalue weighted by Gasteiger charge is 2.72. The maximum absolute atomic E-state index is 13.0. The number of nitrogens with one attached hydrogen (secondary N) is 1. The third kappa shape index (κ3) is 4.34. The van der Waals surface area contributed by atoms with Crippen molar-refractivity contribution in [3.63, 3.8) is 0 Å². The van der Waals surface area contributed by atoms with E-state index in [0.717, 1.165) is 38.5 Å². The average molecular weight is 650 g/mol. The van der Waals surface area contributed by atoms with Crippen LogP contribution in [0.25, 0.3) is 0 Å². The van der Waals surface area contributed by atoms with Crippen molar-refractivity contribution in [1.29, 1.82) is 0 Å². The number of hydrogen-bond donors (Lipinski definition) is 2. The monoisotopic (exact) mass is 648 g/mol. The van der Waals surface area contributed by atoms with Crippen molar-refractivity contribution < 1.29 is 9.90 Å². The topological polar surface area (TPSA) is 61.7 Å². The molecule has 0 aliphatic heterocycles. The molecule has 43 heavy (non-hydrogen) atoms. The SMILES string of the molecule is CC(C)[C@@H]1CCC2(C(=O)O)CC[C@]3(C)C(CC[C@@H]4[C@@]5(C)CC/C(=N\Nc6ccc(Cl)c(Cl)c6Cl)C(C)(C)[C@@H]5CC[C@]43C)[C@@H]12. The lowest BCUT2D eigenvalue weighted by Crippen LogP contribution is -2.66. The van der Waals surface area contributed by atoms with Crippen molar-refractivity contribution in [2.24, 2.45) is 67.7 Å². The Morgan fingerprint density at radius 3 is 2.28 bits per heavy atom. The molecule has 5 aliphatic carbocycles. The third-order valence-corrected chi connectivity index (χ3v) is 16.2. The standard InChI is InChI=1S/C36H51Cl3N2O2/c1-20(2)21-12-17-36(31(42)43)19-18-34(6)22(28(21)36)8-11-26-33(5)15-14-27(32(3,4)25(33)13-16-35(26,34)7)41-40-24-10-9-23(37)29(38)30(24)39/h9-10,20-22,25-26,28,40H,8,11-19H2,1-7H3,(H,42,43)/b41-27+/t21-,22?,25-,26+,28+,33-,34+,35+,36?/m0/s1. The Balaban J connectivity index is 1.30. The highest BCUT2D eigenvalue weighted by Crippen LogP contribution is 2.77. The van der Waals surface area contributed by atoms with Gasteiger partial charge in [-0.25, -0.2) is 0 Å². The van der Waals surface area contributed by atoms with Crippen molar-refractivity contribution in [2.45, 2.75) is 113 Å². The smallest absolute Gasteiger partial charge is 0.309 e. The first-order valence-electron chi connectivity index (χ1n) is 16.7. The van der Waals surface area contributed by atoms with E-state index < -0.39 is 11.4 Å². The number of carbonyl (C=O) groups is 1. The van der Waals surface area contributed by atoms with Gasteiger partial charge < -0.3 is 5.11 Å². The maximum atomic E-state index is 13.0. The Morgan fingerprint density at radius 2 is 1.60 bits per heavy atom. The van der Waals surface area contributed by atoms with Gasteiger partial charge in [0.2, 0.25) is 0 Å². The number of nitrogens with zero attached hydrogens (tertiary/aromatic N) is 1. The molecule has 2 N–H and O–H groups in total. The highest BCUT2D eigenvalue weighted by molar-refractivity contribution is 6.49. The Labute approximate surface area is 274 Å². The minimum absolute atomic E-state index is 0.0546. The number of anilines is 1. The fraction of sp³-hybridized carbons (Fsp3) is 0.778. The Kier molecular flexibility index (Phi) is 7.83. The van der Waals surface area contributed by atoms with Gasteiger partial charge in [-0.3, -0.25) is 10.2 Å². The van der Waals surface area contributed by atoms with Gasteiger partial charge in [0, 0.05) is 11.1 Å². The Hall–Kier alpha value is -0.970. The van der Waals surface area contributed by atoms with Gasteiger partial charge in [0.25, 0.3) is 0 Å². The van der Waals surface area contributed by atoms with E-state index in [1.165, 1.54) is 31.4 Å². The van der Waals surface area contributed by atoms with E-state index in [9.17, 15) is 9.90 Å². The molecule has 1 aromatic carbocycles. The molecule has 0 spiro atoms. The molecule has 0 radical (unpaired) electrons. The first kappa shape index (κ1) is 32.0. The van der Waals surface area contributed by atoms with E-state index >= 15 is 0 Å². The number of hydrogen-bond acceptors (Lipinski definition) is 3. The molecule has 1 aromatic rings.